The average Bonchev–Trinajstić information content (AvgIpc) is 3.37. The van der Waals surface area contributed by atoms with E-state index in [9.17, 15) is 9.59 Å². The number of pyridine rings is 1. The van der Waals surface area contributed by atoms with Gasteiger partial charge in [0.2, 0.25) is 0 Å². The Hall–Kier alpha value is -4.24. The molecule has 1 aromatic carbocycles. The summed E-state index contributed by atoms with van der Waals surface area (Å²) in [6.07, 6.45) is 5.15. The highest BCUT2D eigenvalue weighted by Crippen LogP contribution is 2.32. The highest BCUT2D eigenvalue weighted by molar-refractivity contribution is 7.07. The van der Waals surface area contributed by atoms with E-state index in [0.717, 1.165) is 34.0 Å². The predicted octanol–water partition coefficient (Wildman–Crippen LogP) is 4.39. The summed E-state index contributed by atoms with van der Waals surface area (Å²) < 4.78 is 15.5. The highest BCUT2D eigenvalue weighted by atomic mass is 32.1. The van der Waals surface area contributed by atoms with Crippen LogP contribution >= 0.6 is 11.3 Å². The standard InChI is InChI=1S/C31H32N4O4S/c1-7-38-25-12-10-22(11-13-25)28-27(30(37)39-18(2)3)20(5)33-31-35(28)29(36)26(40-31)16-23-15-19(4)34(21(23)6)24-9-8-14-32-17-24/h8-18,28H,7H2,1-6H3/b26-16+/t28-/m1/s1. The van der Waals surface area contributed by atoms with Crippen molar-refractivity contribution in [1.82, 2.24) is 14.1 Å². The van der Waals surface area contributed by atoms with Crippen molar-refractivity contribution in [3.63, 3.8) is 0 Å². The zero-order valence-electron chi connectivity index (χ0n) is 23.5. The van der Waals surface area contributed by atoms with Gasteiger partial charge in [-0.3, -0.25) is 14.3 Å². The molecule has 4 aromatic rings. The Morgan fingerprint density at radius 3 is 2.55 bits per heavy atom. The maximum Gasteiger partial charge on any atom is 0.338 e. The number of carbonyl (C=O) groups excluding carboxylic acids is 1. The van der Waals surface area contributed by atoms with E-state index >= 15 is 0 Å². The fourth-order valence-electron chi connectivity index (χ4n) is 5.05. The molecular formula is C31H32N4O4S. The fraction of sp³-hybridized carbons (Fsp3) is 0.290. The van der Waals surface area contributed by atoms with Crippen molar-refractivity contribution in [3.8, 4) is 11.4 Å². The smallest absolute Gasteiger partial charge is 0.338 e. The largest absolute Gasteiger partial charge is 0.494 e. The van der Waals surface area contributed by atoms with Gasteiger partial charge in [-0.25, -0.2) is 9.79 Å². The van der Waals surface area contributed by atoms with Gasteiger partial charge in [0, 0.05) is 17.6 Å². The summed E-state index contributed by atoms with van der Waals surface area (Å²) in [7, 11) is 0. The SMILES string of the molecule is CCOc1ccc([C@@H]2C(C(=O)OC(C)C)=C(C)N=c3s/c(=C/c4cc(C)n(-c5cccnc5)c4C)c(=O)n32)cc1. The molecule has 4 heterocycles. The molecule has 9 heteroatoms. The predicted molar refractivity (Wildman–Crippen MR) is 156 cm³/mol. The van der Waals surface area contributed by atoms with E-state index in [1.54, 1.807) is 31.5 Å². The zero-order valence-corrected chi connectivity index (χ0v) is 24.3. The van der Waals surface area contributed by atoms with Gasteiger partial charge in [-0.2, -0.15) is 0 Å². The molecule has 40 heavy (non-hydrogen) atoms. The lowest BCUT2D eigenvalue weighted by atomic mass is 9.96. The molecule has 0 aliphatic carbocycles. The van der Waals surface area contributed by atoms with Gasteiger partial charge in [-0.15, -0.1) is 0 Å². The van der Waals surface area contributed by atoms with E-state index in [1.165, 1.54) is 11.3 Å². The number of carbonyl (C=O) groups is 1. The van der Waals surface area contributed by atoms with Crippen molar-refractivity contribution in [3.05, 3.63) is 108 Å². The molecule has 5 rings (SSSR count). The highest BCUT2D eigenvalue weighted by Gasteiger charge is 2.33. The van der Waals surface area contributed by atoms with Crippen molar-refractivity contribution < 1.29 is 14.3 Å². The van der Waals surface area contributed by atoms with Crippen molar-refractivity contribution in [2.45, 2.75) is 53.7 Å². The van der Waals surface area contributed by atoms with Crippen LogP contribution in [0.1, 0.15) is 56.3 Å². The number of aryl methyl sites for hydroxylation is 1. The zero-order chi connectivity index (χ0) is 28.6. The van der Waals surface area contributed by atoms with Crippen LogP contribution in [0.4, 0.5) is 0 Å². The van der Waals surface area contributed by atoms with Gasteiger partial charge in [0.25, 0.3) is 5.56 Å². The van der Waals surface area contributed by atoms with E-state index in [0.29, 0.717) is 27.2 Å². The van der Waals surface area contributed by atoms with E-state index in [1.807, 2.05) is 69.4 Å². The Kier molecular flexibility index (Phi) is 7.58. The molecule has 0 fully saturated rings. The second kappa shape index (κ2) is 11.1. The minimum Gasteiger partial charge on any atom is -0.494 e. The summed E-state index contributed by atoms with van der Waals surface area (Å²) in [5.41, 5.74) is 5.37. The third-order valence-corrected chi connectivity index (χ3v) is 7.74. The molecular weight excluding hydrogens is 524 g/mol. The van der Waals surface area contributed by atoms with Gasteiger partial charge >= 0.3 is 5.97 Å². The molecule has 0 N–H and O–H groups in total. The van der Waals surface area contributed by atoms with Crippen LogP contribution in [-0.4, -0.2) is 32.8 Å². The van der Waals surface area contributed by atoms with Gasteiger partial charge in [-0.1, -0.05) is 23.5 Å². The minimum absolute atomic E-state index is 0.212. The molecule has 0 spiro atoms. The molecule has 206 valence electrons. The number of esters is 1. The lowest BCUT2D eigenvalue weighted by molar-refractivity contribution is -0.143. The normalized spacial score (nSPS) is 15.3. The Bertz CT molecular complexity index is 1780. The van der Waals surface area contributed by atoms with E-state index < -0.39 is 12.0 Å². The van der Waals surface area contributed by atoms with Crippen LogP contribution in [0.5, 0.6) is 5.75 Å². The van der Waals surface area contributed by atoms with Crippen molar-refractivity contribution >= 4 is 23.4 Å². The number of nitrogens with zero attached hydrogens (tertiary/aromatic N) is 4. The number of aromatic nitrogens is 3. The molecule has 1 aliphatic heterocycles. The Morgan fingerprint density at radius 1 is 1.15 bits per heavy atom. The topological polar surface area (TPSA) is 87.7 Å². The number of hydrogen-bond acceptors (Lipinski definition) is 7. The first-order valence-electron chi connectivity index (χ1n) is 13.2. The second-order valence-corrected chi connectivity index (χ2v) is 10.9. The van der Waals surface area contributed by atoms with Crippen molar-refractivity contribution in [2.75, 3.05) is 6.61 Å². The van der Waals surface area contributed by atoms with E-state index in [2.05, 4.69) is 15.6 Å². The second-order valence-electron chi connectivity index (χ2n) is 9.91. The quantitative estimate of drug-likeness (QED) is 0.315. The first-order chi connectivity index (χ1) is 19.2. The van der Waals surface area contributed by atoms with Gasteiger partial charge in [-0.05, 0) is 89.1 Å². The van der Waals surface area contributed by atoms with Crippen LogP contribution in [0.3, 0.4) is 0 Å². The third-order valence-electron chi connectivity index (χ3n) is 6.75. The first-order valence-corrected chi connectivity index (χ1v) is 14.1. The van der Waals surface area contributed by atoms with Gasteiger partial charge in [0.1, 0.15) is 5.75 Å². The van der Waals surface area contributed by atoms with Gasteiger partial charge < -0.3 is 14.0 Å². The third kappa shape index (κ3) is 5.04. The Balaban J connectivity index is 1.67. The maximum atomic E-state index is 14.0. The Labute approximate surface area is 236 Å². The minimum atomic E-state index is -0.678. The molecule has 0 saturated carbocycles. The van der Waals surface area contributed by atoms with E-state index in [4.69, 9.17) is 14.5 Å². The van der Waals surface area contributed by atoms with Crippen LogP contribution < -0.4 is 19.6 Å². The summed E-state index contributed by atoms with van der Waals surface area (Å²) in [6.45, 7) is 11.9. The number of allylic oxidation sites excluding steroid dienone is 1. The van der Waals surface area contributed by atoms with Gasteiger partial charge in [0.15, 0.2) is 4.80 Å². The summed E-state index contributed by atoms with van der Waals surface area (Å²) in [5.74, 6) is 0.235. The van der Waals surface area contributed by atoms with Crippen molar-refractivity contribution in [2.24, 2.45) is 4.99 Å². The van der Waals surface area contributed by atoms with Crippen LogP contribution in [0.2, 0.25) is 0 Å². The fourth-order valence-corrected chi connectivity index (χ4v) is 6.08. The first kappa shape index (κ1) is 27.3. The molecule has 0 unspecified atom stereocenters. The summed E-state index contributed by atoms with van der Waals surface area (Å²) >= 11 is 1.31. The molecule has 8 nitrogen and oxygen atoms in total. The van der Waals surface area contributed by atoms with Gasteiger partial charge in [0.05, 0.1) is 46.4 Å². The Morgan fingerprint density at radius 2 is 1.90 bits per heavy atom. The maximum absolute atomic E-state index is 14.0. The molecule has 0 bridgehead atoms. The van der Waals surface area contributed by atoms with Crippen LogP contribution in [0.15, 0.2) is 75.9 Å². The molecule has 0 amide bonds. The van der Waals surface area contributed by atoms with E-state index in [-0.39, 0.29) is 11.7 Å². The average molecular weight is 557 g/mol. The molecule has 1 atom stereocenters. The van der Waals surface area contributed by atoms with Crippen molar-refractivity contribution in [1.29, 1.82) is 0 Å². The number of thiazole rings is 1. The molecule has 3 aromatic heterocycles. The summed E-state index contributed by atoms with van der Waals surface area (Å²) in [5, 5.41) is 0. The molecule has 0 saturated heterocycles. The van der Waals surface area contributed by atoms with Crippen LogP contribution in [0, 0.1) is 13.8 Å². The number of rotatable bonds is 7. The van der Waals surface area contributed by atoms with Crippen LogP contribution in [0.25, 0.3) is 11.8 Å². The molecule has 0 radical (unpaired) electrons. The molecule has 1 aliphatic rings. The number of fused-ring (bicyclic) bond motifs is 1. The number of benzene rings is 1. The monoisotopic (exact) mass is 556 g/mol. The number of ether oxygens (including phenoxy) is 2. The number of hydrogen-bond donors (Lipinski definition) is 0. The lowest BCUT2D eigenvalue weighted by Gasteiger charge is -2.25. The summed E-state index contributed by atoms with van der Waals surface area (Å²) in [4.78, 5) is 36.8. The summed E-state index contributed by atoms with van der Waals surface area (Å²) in [6, 6.07) is 12.8. The lowest BCUT2D eigenvalue weighted by Crippen LogP contribution is -2.40. The van der Waals surface area contributed by atoms with Crippen LogP contribution in [-0.2, 0) is 9.53 Å².